The molecule has 1 saturated carbocycles. The summed E-state index contributed by atoms with van der Waals surface area (Å²) in [7, 11) is 0. The van der Waals surface area contributed by atoms with E-state index in [1.165, 1.54) is 12.8 Å². The van der Waals surface area contributed by atoms with Crippen LogP contribution in [0.1, 0.15) is 30.1 Å². The molecule has 1 aliphatic rings. The maximum Gasteiger partial charge on any atom is 0.167 e. The zero-order valence-corrected chi connectivity index (χ0v) is 7.21. The van der Waals surface area contributed by atoms with Gasteiger partial charge < -0.3 is 4.98 Å². The summed E-state index contributed by atoms with van der Waals surface area (Å²) >= 11 is 0. The summed E-state index contributed by atoms with van der Waals surface area (Å²) in [6.45, 7) is 2.03. The molecule has 0 spiro atoms. The molecule has 0 aliphatic heterocycles. The molecule has 0 aromatic carbocycles. The Hall–Kier alpha value is -1.05. The number of Topliss-reactive ketones (excluding diaryl/α,β-unsaturated/α-hetero) is 1. The Morgan fingerprint density at radius 3 is 2.92 bits per heavy atom. The van der Waals surface area contributed by atoms with Gasteiger partial charge in [0.25, 0.3) is 0 Å². The van der Waals surface area contributed by atoms with Gasteiger partial charge in [-0.05, 0) is 24.8 Å². The first-order chi connectivity index (χ1) is 5.79. The summed E-state index contributed by atoms with van der Waals surface area (Å²) in [5, 5.41) is 0. The molecule has 0 saturated heterocycles. The van der Waals surface area contributed by atoms with Crippen molar-refractivity contribution in [2.75, 3.05) is 0 Å². The number of H-pyrrole nitrogens is 1. The van der Waals surface area contributed by atoms with Gasteiger partial charge in [0.2, 0.25) is 0 Å². The highest BCUT2D eigenvalue weighted by Crippen LogP contribution is 2.37. The molecule has 1 aromatic heterocycles. The highest BCUT2D eigenvalue weighted by molar-refractivity contribution is 5.97. The lowest BCUT2D eigenvalue weighted by atomic mass is 9.97. The van der Waals surface area contributed by atoms with Crippen molar-refractivity contribution in [1.82, 2.24) is 4.98 Å². The molecule has 64 valence electrons. The van der Waals surface area contributed by atoms with Crippen molar-refractivity contribution in [3.63, 3.8) is 0 Å². The van der Waals surface area contributed by atoms with Crippen molar-refractivity contribution in [3.8, 4) is 0 Å². The summed E-state index contributed by atoms with van der Waals surface area (Å²) < 4.78 is 0. The molecular weight excluding hydrogens is 150 g/mol. The molecule has 0 radical (unpaired) electrons. The normalized spacial score (nSPS) is 19.1. The number of aromatic amines is 1. The van der Waals surface area contributed by atoms with Crippen molar-refractivity contribution in [2.24, 2.45) is 11.8 Å². The average molecular weight is 163 g/mol. The van der Waals surface area contributed by atoms with Crippen LogP contribution in [0.5, 0.6) is 0 Å². The van der Waals surface area contributed by atoms with E-state index in [9.17, 15) is 4.79 Å². The Morgan fingerprint density at radius 1 is 1.67 bits per heavy atom. The van der Waals surface area contributed by atoms with Crippen molar-refractivity contribution in [1.29, 1.82) is 0 Å². The molecule has 2 nitrogen and oxygen atoms in total. The largest absolute Gasteiger partial charge is 0.367 e. The fourth-order valence-corrected chi connectivity index (χ4v) is 1.55. The lowest BCUT2D eigenvalue weighted by Crippen LogP contribution is -2.12. The van der Waals surface area contributed by atoms with Gasteiger partial charge in [-0.1, -0.05) is 6.92 Å². The minimum absolute atomic E-state index is 0.223. The van der Waals surface area contributed by atoms with Crippen LogP contribution >= 0.6 is 0 Å². The van der Waals surface area contributed by atoms with E-state index in [0.29, 0.717) is 11.7 Å². The molecule has 12 heavy (non-hydrogen) atoms. The van der Waals surface area contributed by atoms with Gasteiger partial charge in [-0.25, -0.2) is 0 Å². The molecule has 0 bridgehead atoms. The topological polar surface area (TPSA) is 32.9 Å². The van der Waals surface area contributed by atoms with E-state index in [2.05, 4.69) is 4.98 Å². The Morgan fingerprint density at radius 2 is 2.42 bits per heavy atom. The SMILES string of the molecule is CC(C(=O)c1cc[nH]c1)C1CC1. The molecule has 2 rings (SSSR count). The number of nitrogens with one attached hydrogen (secondary N) is 1. The van der Waals surface area contributed by atoms with Crippen LogP contribution in [-0.4, -0.2) is 10.8 Å². The predicted molar refractivity (Wildman–Crippen MR) is 47.0 cm³/mol. The summed E-state index contributed by atoms with van der Waals surface area (Å²) in [5.74, 6) is 1.17. The third kappa shape index (κ3) is 1.29. The van der Waals surface area contributed by atoms with Crippen LogP contribution < -0.4 is 0 Å². The van der Waals surface area contributed by atoms with Gasteiger partial charge >= 0.3 is 0 Å². The summed E-state index contributed by atoms with van der Waals surface area (Å²) in [6.07, 6.45) is 6.04. The Labute approximate surface area is 72.0 Å². The zero-order chi connectivity index (χ0) is 8.55. The maximum atomic E-state index is 11.7. The van der Waals surface area contributed by atoms with Crippen LogP contribution in [0.2, 0.25) is 0 Å². The van der Waals surface area contributed by atoms with Crippen molar-refractivity contribution >= 4 is 5.78 Å². The van der Waals surface area contributed by atoms with E-state index < -0.39 is 0 Å². The second-order valence-corrected chi connectivity index (χ2v) is 3.59. The first kappa shape index (κ1) is 7.59. The lowest BCUT2D eigenvalue weighted by molar-refractivity contribution is 0.0916. The van der Waals surface area contributed by atoms with Crippen molar-refractivity contribution in [2.45, 2.75) is 19.8 Å². The molecule has 1 aromatic rings. The number of hydrogen-bond donors (Lipinski definition) is 1. The molecule has 1 fully saturated rings. The van der Waals surface area contributed by atoms with E-state index >= 15 is 0 Å². The van der Waals surface area contributed by atoms with Crippen molar-refractivity contribution < 1.29 is 4.79 Å². The third-order valence-electron chi connectivity index (χ3n) is 2.63. The smallest absolute Gasteiger partial charge is 0.167 e. The monoisotopic (exact) mass is 163 g/mol. The second-order valence-electron chi connectivity index (χ2n) is 3.59. The standard InChI is InChI=1S/C10H13NO/c1-7(8-2-3-8)10(12)9-4-5-11-6-9/h4-8,11H,2-3H2,1H3. The Bertz CT molecular complexity index is 272. The average Bonchev–Trinajstić information content (AvgIpc) is 2.79. The fourth-order valence-electron chi connectivity index (χ4n) is 1.55. The molecule has 1 atom stereocenters. The number of carbonyl (C=O) groups excluding carboxylic acids is 1. The number of ketones is 1. The van der Waals surface area contributed by atoms with Gasteiger partial charge in [0.05, 0.1) is 0 Å². The number of aromatic nitrogens is 1. The van der Waals surface area contributed by atoms with Crippen LogP contribution in [-0.2, 0) is 0 Å². The highest BCUT2D eigenvalue weighted by Gasteiger charge is 2.32. The first-order valence-corrected chi connectivity index (χ1v) is 4.46. The quantitative estimate of drug-likeness (QED) is 0.681. The molecule has 1 unspecified atom stereocenters. The third-order valence-corrected chi connectivity index (χ3v) is 2.63. The number of rotatable bonds is 3. The predicted octanol–water partition coefficient (Wildman–Crippen LogP) is 2.24. The fraction of sp³-hybridized carbons (Fsp3) is 0.500. The highest BCUT2D eigenvalue weighted by atomic mass is 16.1. The lowest BCUT2D eigenvalue weighted by Gasteiger charge is -2.05. The van der Waals surface area contributed by atoms with E-state index in [1.54, 1.807) is 12.4 Å². The molecule has 1 aliphatic carbocycles. The van der Waals surface area contributed by atoms with E-state index in [4.69, 9.17) is 0 Å². The molecule has 1 heterocycles. The summed E-state index contributed by atoms with van der Waals surface area (Å²) in [5.41, 5.74) is 0.828. The van der Waals surface area contributed by atoms with Crippen molar-refractivity contribution in [3.05, 3.63) is 24.0 Å². The minimum atomic E-state index is 0.223. The van der Waals surface area contributed by atoms with Gasteiger partial charge in [-0.3, -0.25) is 4.79 Å². The Kier molecular flexibility index (Phi) is 1.75. The number of hydrogen-bond acceptors (Lipinski definition) is 1. The van der Waals surface area contributed by atoms with Gasteiger partial charge in [0, 0.05) is 23.9 Å². The summed E-state index contributed by atoms with van der Waals surface area (Å²) in [4.78, 5) is 14.6. The maximum absolute atomic E-state index is 11.7. The van der Waals surface area contributed by atoms with Gasteiger partial charge in [-0.2, -0.15) is 0 Å². The van der Waals surface area contributed by atoms with Crippen LogP contribution in [0.15, 0.2) is 18.5 Å². The van der Waals surface area contributed by atoms with Gasteiger partial charge in [-0.15, -0.1) is 0 Å². The first-order valence-electron chi connectivity index (χ1n) is 4.46. The molecule has 2 heteroatoms. The zero-order valence-electron chi connectivity index (χ0n) is 7.21. The van der Waals surface area contributed by atoms with E-state index in [-0.39, 0.29) is 5.92 Å². The number of carbonyl (C=O) groups is 1. The van der Waals surface area contributed by atoms with Crippen LogP contribution in [0.25, 0.3) is 0 Å². The van der Waals surface area contributed by atoms with Gasteiger partial charge in [0.1, 0.15) is 0 Å². The van der Waals surface area contributed by atoms with E-state index in [1.807, 2.05) is 13.0 Å². The van der Waals surface area contributed by atoms with Crippen LogP contribution in [0.3, 0.4) is 0 Å². The Balaban J connectivity index is 2.09. The van der Waals surface area contributed by atoms with Crippen LogP contribution in [0.4, 0.5) is 0 Å². The van der Waals surface area contributed by atoms with Gasteiger partial charge in [0.15, 0.2) is 5.78 Å². The molecule has 0 amide bonds. The summed E-state index contributed by atoms with van der Waals surface area (Å²) in [6, 6.07) is 1.85. The van der Waals surface area contributed by atoms with E-state index in [0.717, 1.165) is 5.56 Å². The molecule has 1 N–H and O–H groups in total. The molecular formula is C10H13NO. The minimum Gasteiger partial charge on any atom is -0.367 e. The second kappa shape index (κ2) is 2.77. The van der Waals surface area contributed by atoms with Crippen LogP contribution in [0, 0.1) is 11.8 Å².